The highest BCUT2D eigenvalue weighted by atomic mass is 35.5. The van der Waals surface area contributed by atoms with Crippen LogP contribution in [0.4, 0.5) is 10.5 Å². The Morgan fingerprint density at radius 1 is 1.16 bits per heavy atom. The molecule has 132 valence electrons. The van der Waals surface area contributed by atoms with Crippen LogP contribution < -0.4 is 10.6 Å². The van der Waals surface area contributed by atoms with Crippen LogP contribution in [-0.2, 0) is 5.54 Å². The SMILES string of the molecule is C=C(C)c1cccc(C(C)(C)NC(=O)Nc2c(C)cc(C)cc2Cl)c1. The summed E-state index contributed by atoms with van der Waals surface area (Å²) in [7, 11) is 0. The van der Waals surface area contributed by atoms with Crippen LogP contribution in [0.25, 0.3) is 5.57 Å². The lowest BCUT2D eigenvalue weighted by Gasteiger charge is -2.28. The summed E-state index contributed by atoms with van der Waals surface area (Å²) >= 11 is 6.27. The maximum absolute atomic E-state index is 12.5. The smallest absolute Gasteiger partial charge is 0.319 e. The van der Waals surface area contributed by atoms with Gasteiger partial charge in [0.2, 0.25) is 0 Å². The van der Waals surface area contributed by atoms with Crippen LogP contribution in [0.2, 0.25) is 5.02 Å². The van der Waals surface area contributed by atoms with Gasteiger partial charge in [0.15, 0.2) is 0 Å². The van der Waals surface area contributed by atoms with Crippen molar-refractivity contribution in [1.29, 1.82) is 0 Å². The van der Waals surface area contributed by atoms with Gasteiger partial charge in [-0.3, -0.25) is 0 Å². The van der Waals surface area contributed by atoms with Crippen molar-refractivity contribution in [3.05, 3.63) is 70.3 Å². The van der Waals surface area contributed by atoms with Gasteiger partial charge in [0.1, 0.15) is 0 Å². The average Bonchev–Trinajstić information content (AvgIpc) is 2.50. The van der Waals surface area contributed by atoms with E-state index in [2.05, 4.69) is 17.2 Å². The molecule has 0 aliphatic carbocycles. The number of benzene rings is 2. The van der Waals surface area contributed by atoms with Crippen molar-refractivity contribution in [3.63, 3.8) is 0 Å². The summed E-state index contributed by atoms with van der Waals surface area (Å²) in [6.45, 7) is 13.8. The van der Waals surface area contributed by atoms with Crippen LogP contribution in [0, 0.1) is 13.8 Å². The molecule has 0 aromatic heterocycles. The minimum atomic E-state index is -0.541. The fourth-order valence-electron chi connectivity index (χ4n) is 2.75. The number of hydrogen-bond donors (Lipinski definition) is 2. The summed E-state index contributed by atoms with van der Waals surface area (Å²) in [5, 5.41) is 6.42. The molecule has 2 aromatic carbocycles. The molecule has 2 rings (SSSR count). The Morgan fingerprint density at radius 3 is 2.44 bits per heavy atom. The summed E-state index contributed by atoms with van der Waals surface area (Å²) < 4.78 is 0. The monoisotopic (exact) mass is 356 g/mol. The van der Waals surface area contributed by atoms with E-state index >= 15 is 0 Å². The normalized spacial score (nSPS) is 11.1. The molecule has 3 nitrogen and oxygen atoms in total. The van der Waals surface area contributed by atoms with E-state index in [0.717, 1.165) is 27.8 Å². The number of anilines is 1. The lowest BCUT2D eigenvalue weighted by molar-refractivity contribution is 0.242. The molecule has 2 N–H and O–H groups in total. The zero-order valence-corrected chi connectivity index (χ0v) is 16.2. The number of allylic oxidation sites excluding steroid dienone is 1. The number of halogens is 1. The third kappa shape index (κ3) is 4.64. The van der Waals surface area contributed by atoms with Crippen LogP contribution in [-0.4, -0.2) is 6.03 Å². The first-order valence-corrected chi connectivity index (χ1v) is 8.60. The molecule has 4 heteroatoms. The van der Waals surface area contributed by atoms with E-state index in [1.807, 2.05) is 71.0 Å². The molecular weight excluding hydrogens is 332 g/mol. The Hall–Kier alpha value is -2.26. The standard InChI is InChI=1S/C21H25ClN2O/c1-13(2)16-8-7-9-17(12-16)21(5,6)24-20(25)23-19-15(4)10-14(3)11-18(19)22/h7-12H,1H2,2-6H3,(H2,23,24,25). The second-order valence-electron chi connectivity index (χ2n) is 7.00. The molecule has 0 saturated carbocycles. The second-order valence-corrected chi connectivity index (χ2v) is 7.41. The Bertz CT molecular complexity index is 801. The second kappa shape index (κ2) is 7.32. The first kappa shape index (κ1) is 19.1. The Kier molecular flexibility index (Phi) is 5.58. The molecule has 0 saturated heterocycles. The maximum Gasteiger partial charge on any atom is 0.319 e. The lowest BCUT2D eigenvalue weighted by Crippen LogP contribution is -2.43. The largest absolute Gasteiger partial charge is 0.329 e. The molecule has 0 heterocycles. The van der Waals surface area contributed by atoms with E-state index in [4.69, 9.17) is 11.6 Å². The van der Waals surface area contributed by atoms with Crippen molar-refractivity contribution in [2.24, 2.45) is 0 Å². The number of urea groups is 1. The number of nitrogens with one attached hydrogen (secondary N) is 2. The Balaban J connectivity index is 2.19. The summed E-state index contributed by atoms with van der Waals surface area (Å²) in [6, 6.07) is 11.6. The number of carbonyl (C=O) groups excluding carboxylic acids is 1. The van der Waals surface area contributed by atoms with E-state index in [9.17, 15) is 4.79 Å². The number of amides is 2. The van der Waals surface area contributed by atoms with Crippen molar-refractivity contribution >= 4 is 28.9 Å². The van der Waals surface area contributed by atoms with Crippen molar-refractivity contribution in [3.8, 4) is 0 Å². The predicted octanol–water partition coefficient (Wildman–Crippen LogP) is 6.05. The zero-order valence-electron chi connectivity index (χ0n) is 15.5. The highest BCUT2D eigenvalue weighted by Crippen LogP contribution is 2.28. The van der Waals surface area contributed by atoms with Gasteiger partial charge in [-0.2, -0.15) is 0 Å². The molecule has 0 fully saturated rings. The molecule has 25 heavy (non-hydrogen) atoms. The molecule has 0 atom stereocenters. The van der Waals surface area contributed by atoms with Crippen molar-refractivity contribution in [2.45, 2.75) is 40.2 Å². The highest BCUT2D eigenvalue weighted by Gasteiger charge is 2.24. The van der Waals surface area contributed by atoms with Gasteiger partial charge < -0.3 is 10.6 Å². The topological polar surface area (TPSA) is 41.1 Å². The van der Waals surface area contributed by atoms with Crippen LogP contribution in [0.15, 0.2) is 43.0 Å². The number of hydrogen-bond acceptors (Lipinski definition) is 1. The van der Waals surface area contributed by atoms with Crippen molar-refractivity contribution < 1.29 is 4.79 Å². The minimum Gasteiger partial charge on any atom is -0.329 e. The first-order valence-electron chi connectivity index (χ1n) is 8.22. The predicted molar refractivity (Wildman–Crippen MR) is 107 cm³/mol. The Labute approximate surface area is 155 Å². The number of aryl methyl sites for hydroxylation is 2. The van der Waals surface area contributed by atoms with Gasteiger partial charge in [-0.25, -0.2) is 4.79 Å². The maximum atomic E-state index is 12.5. The molecule has 2 amide bonds. The van der Waals surface area contributed by atoms with E-state index < -0.39 is 5.54 Å². The lowest BCUT2D eigenvalue weighted by atomic mass is 9.92. The third-order valence-electron chi connectivity index (χ3n) is 4.17. The summed E-state index contributed by atoms with van der Waals surface area (Å²) in [4.78, 5) is 12.5. The minimum absolute atomic E-state index is 0.292. The number of carbonyl (C=O) groups is 1. The zero-order chi connectivity index (χ0) is 18.8. The molecule has 0 radical (unpaired) electrons. The third-order valence-corrected chi connectivity index (χ3v) is 4.47. The van der Waals surface area contributed by atoms with Gasteiger partial charge in [-0.05, 0) is 69.0 Å². The van der Waals surface area contributed by atoms with E-state index in [1.54, 1.807) is 0 Å². The molecule has 0 unspecified atom stereocenters. The summed E-state index contributed by atoms with van der Waals surface area (Å²) in [5.74, 6) is 0. The van der Waals surface area contributed by atoms with Crippen LogP contribution >= 0.6 is 11.6 Å². The van der Waals surface area contributed by atoms with Gasteiger partial charge in [0, 0.05) is 0 Å². The van der Waals surface area contributed by atoms with Gasteiger partial charge in [-0.15, -0.1) is 0 Å². The van der Waals surface area contributed by atoms with Crippen LogP contribution in [0.5, 0.6) is 0 Å². The van der Waals surface area contributed by atoms with E-state index in [0.29, 0.717) is 10.7 Å². The van der Waals surface area contributed by atoms with E-state index in [1.165, 1.54) is 0 Å². The van der Waals surface area contributed by atoms with Gasteiger partial charge in [0.05, 0.1) is 16.2 Å². The molecule has 0 bridgehead atoms. The fraction of sp³-hybridized carbons (Fsp3) is 0.286. The van der Waals surface area contributed by atoms with Gasteiger partial charge in [0.25, 0.3) is 0 Å². The van der Waals surface area contributed by atoms with Crippen LogP contribution in [0.1, 0.15) is 43.0 Å². The van der Waals surface area contributed by atoms with E-state index in [-0.39, 0.29) is 6.03 Å². The summed E-state index contributed by atoms with van der Waals surface area (Å²) in [5.41, 5.74) is 5.15. The molecule has 2 aromatic rings. The quantitative estimate of drug-likeness (QED) is 0.688. The highest BCUT2D eigenvalue weighted by molar-refractivity contribution is 6.34. The first-order chi connectivity index (χ1) is 11.6. The van der Waals surface area contributed by atoms with Crippen LogP contribution in [0.3, 0.4) is 0 Å². The van der Waals surface area contributed by atoms with Crippen molar-refractivity contribution in [2.75, 3.05) is 5.32 Å². The molecule has 0 aliphatic heterocycles. The molecule has 0 aliphatic rings. The van der Waals surface area contributed by atoms with Gasteiger partial charge in [-0.1, -0.05) is 48.0 Å². The van der Waals surface area contributed by atoms with Gasteiger partial charge >= 0.3 is 6.03 Å². The number of rotatable bonds is 4. The molecular formula is C21H25ClN2O. The fourth-order valence-corrected chi connectivity index (χ4v) is 3.12. The van der Waals surface area contributed by atoms with Crippen molar-refractivity contribution in [1.82, 2.24) is 5.32 Å². The summed E-state index contributed by atoms with van der Waals surface area (Å²) in [6.07, 6.45) is 0. The molecule has 0 spiro atoms. The Morgan fingerprint density at radius 2 is 1.84 bits per heavy atom. The average molecular weight is 357 g/mol.